The lowest BCUT2D eigenvalue weighted by molar-refractivity contribution is 0.285. The minimum atomic E-state index is 0.138. The molecular formula is C16H23N3. The van der Waals surface area contributed by atoms with E-state index in [0.29, 0.717) is 12.0 Å². The van der Waals surface area contributed by atoms with Crippen LogP contribution in [0.2, 0.25) is 0 Å². The Bertz CT molecular complexity index is 564. The van der Waals surface area contributed by atoms with E-state index in [0.717, 1.165) is 25.7 Å². The van der Waals surface area contributed by atoms with E-state index in [1.807, 2.05) is 0 Å². The number of nitrogens with zero attached hydrogens (tertiary/aromatic N) is 1. The van der Waals surface area contributed by atoms with Crippen LogP contribution in [0, 0.1) is 5.92 Å². The van der Waals surface area contributed by atoms with Gasteiger partial charge < -0.3 is 16.0 Å². The number of rotatable bonds is 2. The lowest BCUT2D eigenvalue weighted by Crippen LogP contribution is -2.31. The van der Waals surface area contributed by atoms with Crippen molar-refractivity contribution in [1.82, 2.24) is 4.57 Å². The Morgan fingerprint density at radius 3 is 2.58 bits per heavy atom. The van der Waals surface area contributed by atoms with Crippen molar-refractivity contribution in [1.29, 1.82) is 0 Å². The highest BCUT2D eigenvalue weighted by Gasteiger charge is 2.26. The molecule has 0 radical (unpaired) electrons. The molecule has 3 rings (SSSR count). The van der Waals surface area contributed by atoms with E-state index in [1.165, 1.54) is 16.5 Å². The van der Waals surface area contributed by atoms with Crippen molar-refractivity contribution in [2.75, 3.05) is 0 Å². The molecule has 0 amide bonds. The molecule has 19 heavy (non-hydrogen) atoms. The van der Waals surface area contributed by atoms with Gasteiger partial charge in [0.05, 0.1) is 0 Å². The second-order valence-electron chi connectivity index (χ2n) is 5.91. The molecule has 0 spiro atoms. The van der Waals surface area contributed by atoms with E-state index in [4.69, 9.17) is 11.5 Å². The summed E-state index contributed by atoms with van der Waals surface area (Å²) < 4.78 is 2.18. The summed E-state index contributed by atoms with van der Waals surface area (Å²) >= 11 is 0. The summed E-state index contributed by atoms with van der Waals surface area (Å²) in [6, 6.07) is 9.03. The van der Waals surface area contributed by atoms with Crippen LogP contribution in [0.15, 0.2) is 30.5 Å². The van der Waals surface area contributed by atoms with Crippen LogP contribution in [-0.4, -0.2) is 10.6 Å². The molecule has 1 saturated carbocycles. The van der Waals surface area contributed by atoms with E-state index in [9.17, 15) is 0 Å². The normalized spacial score (nSPS) is 25.6. The molecule has 2 aromatic rings. The summed E-state index contributed by atoms with van der Waals surface area (Å²) in [4.78, 5) is 0. The summed E-state index contributed by atoms with van der Waals surface area (Å²) in [5.41, 5.74) is 15.1. The Balaban J connectivity index is 1.91. The number of para-hydroxylation sites is 1. The highest BCUT2D eigenvalue weighted by Crippen LogP contribution is 2.35. The number of hydrogen-bond acceptors (Lipinski definition) is 2. The number of aromatic nitrogens is 1. The van der Waals surface area contributed by atoms with E-state index in [2.05, 4.69) is 42.1 Å². The van der Waals surface area contributed by atoms with E-state index in [-0.39, 0.29) is 6.04 Å². The van der Waals surface area contributed by atoms with Crippen LogP contribution in [0.3, 0.4) is 0 Å². The number of hydrogen-bond donors (Lipinski definition) is 2. The van der Waals surface area contributed by atoms with Gasteiger partial charge in [0.15, 0.2) is 0 Å². The van der Waals surface area contributed by atoms with E-state index in [1.54, 1.807) is 0 Å². The van der Waals surface area contributed by atoms with Gasteiger partial charge in [-0.15, -0.1) is 0 Å². The zero-order valence-electron chi connectivity index (χ0n) is 11.5. The van der Waals surface area contributed by atoms with Crippen molar-refractivity contribution < 1.29 is 0 Å². The maximum Gasteiger partial charge on any atom is 0.0481 e. The van der Waals surface area contributed by atoms with Gasteiger partial charge in [0.2, 0.25) is 0 Å². The zero-order chi connectivity index (χ0) is 13.4. The van der Waals surface area contributed by atoms with Crippen LogP contribution in [0.25, 0.3) is 10.9 Å². The zero-order valence-corrected chi connectivity index (χ0v) is 11.5. The van der Waals surface area contributed by atoms with Crippen molar-refractivity contribution in [2.24, 2.45) is 24.4 Å². The molecule has 1 unspecified atom stereocenters. The van der Waals surface area contributed by atoms with Crippen LogP contribution >= 0.6 is 0 Å². The van der Waals surface area contributed by atoms with Gasteiger partial charge >= 0.3 is 0 Å². The summed E-state index contributed by atoms with van der Waals surface area (Å²) in [7, 11) is 2.09. The summed E-state index contributed by atoms with van der Waals surface area (Å²) in [6.45, 7) is 0. The SMILES string of the molecule is Cn1cc(C(N)C2CCC(N)CC2)c2ccccc21. The lowest BCUT2D eigenvalue weighted by atomic mass is 9.80. The third-order valence-corrected chi connectivity index (χ3v) is 4.61. The fraction of sp³-hybridized carbons (Fsp3) is 0.500. The number of aryl methyl sites for hydroxylation is 1. The van der Waals surface area contributed by atoms with Crippen molar-refractivity contribution in [3.8, 4) is 0 Å². The third kappa shape index (κ3) is 2.28. The maximum absolute atomic E-state index is 6.54. The monoisotopic (exact) mass is 257 g/mol. The minimum Gasteiger partial charge on any atom is -0.350 e. The van der Waals surface area contributed by atoms with Gasteiger partial charge in [-0.25, -0.2) is 0 Å². The van der Waals surface area contributed by atoms with Crippen molar-refractivity contribution in [3.05, 3.63) is 36.0 Å². The standard InChI is InChI=1S/C16H23N3/c1-19-10-14(13-4-2-3-5-15(13)19)16(18)11-6-8-12(17)9-7-11/h2-5,10-12,16H,6-9,17-18H2,1H3. The van der Waals surface area contributed by atoms with Crippen molar-refractivity contribution in [3.63, 3.8) is 0 Å². The predicted octanol–water partition coefficient (Wildman–Crippen LogP) is 2.70. The first-order valence-corrected chi connectivity index (χ1v) is 7.22. The van der Waals surface area contributed by atoms with Gasteiger partial charge in [0.1, 0.15) is 0 Å². The molecule has 1 aliphatic carbocycles. The van der Waals surface area contributed by atoms with Crippen LogP contribution in [0.5, 0.6) is 0 Å². The molecule has 3 heteroatoms. The Kier molecular flexibility index (Phi) is 3.33. The fourth-order valence-electron chi connectivity index (χ4n) is 3.40. The van der Waals surface area contributed by atoms with Gasteiger partial charge in [-0.1, -0.05) is 18.2 Å². The largest absolute Gasteiger partial charge is 0.350 e. The lowest BCUT2D eigenvalue weighted by Gasteiger charge is -2.30. The second-order valence-corrected chi connectivity index (χ2v) is 5.91. The van der Waals surface area contributed by atoms with Gasteiger partial charge in [-0.2, -0.15) is 0 Å². The van der Waals surface area contributed by atoms with Crippen LogP contribution < -0.4 is 11.5 Å². The van der Waals surface area contributed by atoms with E-state index >= 15 is 0 Å². The number of benzene rings is 1. The third-order valence-electron chi connectivity index (χ3n) is 4.61. The average Bonchev–Trinajstić information content (AvgIpc) is 2.77. The molecule has 0 aliphatic heterocycles. The first-order valence-electron chi connectivity index (χ1n) is 7.22. The topological polar surface area (TPSA) is 57.0 Å². The molecule has 1 aromatic carbocycles. The minimum absolute atomic E-state index is 0.138. The molecule has 1 atom stereocenters. The average molecular weight is 257 g/mol. The van der Waals surface area contributed by atoms with Crippen LogP contribution in [0.4, 0.5) is 0 Å². The molecule has 1 aromatic heterocycles. The highest BCUT2D eigenvalue weighted by molar-refractivity contribution is 5.84. The summed E-state index contributed by atoms with van der Waals surface area (Å²) in [6.07, 6.45) is 6.74. The molecule has 1 aliphatic rings. The number of fused-ring (bicyclic) bond motifs is 1. The molecule has 1 fully saturated rings. The Morgan fingerprint density at radius 2 is 1.84 bits per heavy atom. The molecule has 102 valence electrons. The molecule has 4 N–H and O–H groups in total. The first kappa shape index (κ1) is 12.7. The quantitative estimate of drug-likeness (QED) is 0.869. The van der Waals surface area contributed by atoms with Crippen molar-refractivity contribution in [2.45, 2.75) is 37.8 Å². The van der Waals surface area contributed by atoms with Gasteiger partial charge in [0.25, 0.3) is 0 Å². The van der Waals surface area contributed by atoms with Crippen LogP contribution in [-0.2, 0) is 7.05 Å². The van der Waals surface area contributed by atoms with E-state index < -0.39 is 0 Å². The summed E-state index contributed by atoms with van der Waals surface area (Å²) in [5.74, 6) is 0.575. The Morgan fingerprint density at radius 1 is 1.16 bits per heavy atom. The summed E-state index contributed by atoms with van der Waals surface area (Å²) in [5, 5.41) is 1.30. The maximum atomic E-state index is 6.54. The molecule has 3 nitrogen and oxygen atoms in total. The second kappa shape index (κ2) is 4.99. The fourth-order valence-corrected chi connectivity index (χ4v) is 3.40. The smallest absolute Gasteiger partial charge is 0.0481 e. The predicted molar refractivity (Wildman–Crippen MR) is 79.8 cm³/mol. The van der Waals surface area contributed by atoms with Crippen molar-refractivity contribution >= 4 is 10.9 Å². The number of nitrogens with two attached hydrogens (primary N) is 2. The van der Waals surface area contributed by atoms with Gasteiger partial charge in [0, 0.05) is 36.2 Å². The first-order chi connectivity index (χ1) is 9.16. The van der Waals surface area contributed by atoms with Crippen LogP contribution in [0.1, 0.15) is 37.3 Å². The molecule has 0 bridgehead atoms. The van der Waals surface area contributed by atoms with Gasteiger partial charge in [-0.05, 0) is 43.2 Å². The molecule has 0 saturated heterocycles. The highest BCUT2D eigenvalue weighted by atomic mass is 14.9. The molecule has 1 heterocycles. The van der Waals surface area contributed by atoms with Gasteiger partial charge in [-0.3, -0.25) is 0 Å². The Labute approximate surface area is 114 Å². The molecular weight excluding hydrogens is 234 g/mol. The Hall–Kier alpha value is -1.32.